The first-order valence-electron chi connectivity index (χ1n) is 5.54. The van der Waals surface area contributed by atoms with Crippen molar-refractivity contribution in [2.24, 2.45) is 0 Å². The van der Waals surface area contributed by atoms with E-state index in [1.165, 1.54) is 0 Å². The average Bonchev–Trinajstić information content (AvgIpc) is 2.85. The molecule has 3 rings (SSSR count). The molecule has 0 N–H and O–H groups in total. The third-order valence-electron chi connectivity index (χ3n) is 2.89. The van der Waals surface area contributed by atoms with E-state index in [2.05, 4.69) is 16.9 Å². The summed E-state index contributed by atoms with van der Waals surface area (Å²) in [7, 11) is 0. The number of hydrogen-bond acceptors (Lipinski definition) is 3. The molecular weight excluding hydrogens is 214 g/mol. The van der Waals surface area contributed by atoms with Crippen LogP contribution in [0.2, 0.25) is 0 Å². The fourth-order valence-electron chi connectivity index (χ4n) is 2.19. The zero-order chi connectivity index (χ0) is 12.0. The molecule has 0 unspecified atom stereocenters. The molecule has 0 spiro atoms. The fourth-order valence-corrected chi connectivity index (χ4v) is 2.19. The first-order chi connectivity index (χ1) is 8.16. The smallest absolute Gasteiger partial charge is 0.235 e. The maximum Gasteiger partial charge on any atom is 0.235 e. The minimum Gasteiger partial charge on any atom is -0.463 e. The Morgan fingerprint density at radius 2 is 2.00 bits per heavy atom. The van der Waals surface area contributed by atoms with E-state index in [9.17, 15) is 0 Å². The molecule has 4 nitrogen and oxygen atoms in total. The first-order valence-corrected chi connectivity index (χ1v) is 5.54. The van der Waals surface area contributed by atoms with Gasteiger partial charge in [-0.15, -0.1) is 0 Å². The summed E-state index contributed by atoms with van der Waals surface area (Å²) in [5.74, 6) is 1.51. The molecule has 4 heteroatoms. The van der Waals surface area contributed by atoms with Crippen LogP contribution in [0.1, 0.15) is 17.1 Å². The number of hydrogen-bond donors (Lipinski definition) is 0. The Labute approximate surface area is 98.9 Å². The summed E-state index contributed by atoms with van der Waals surface area (Å²) in [6.45, 7) is 6.06. The molecule has 0 aliphatic carbocycles. The molecule has 0 aromatic carbocycles. The average molecular weight is 227 g/mol. The summed E-state index contributed by atoms with van der Waals surface area (Å²) in [5, 5.41) is 0. The van der Waals surface area contributed by atoms with Crippen LogP contribution in [-0.2, 0) is 0 Å². The molecule has 0 aliphatic heterocycles. The van der Waals surface area contributed by atoms with E-state index in [0.29, 0.717) is 0 Å². The molecule has 0 saturated heterocycles. The van der Waals surface area contributed by atoms with Crippen LogP contribution in [0, 0.1) is 20.8 Å². The summed E-state index contributed by atoms with van der Waals surface area (Å²) < 4.78 is 7.44. The number of aryl methyl sites for hydroxylation is 3. The van der Waals surface area contributed by atoms with Crippen LogP contribution in [0.25, 0.3) is 17.2 Å². The zero-order valence-corrected chi connectivity index (χ0v) is 10.1. The lowest BCUT2D eigenvalue weighted by Crippen LogP contribution is -1.97. The lowest BCUT2D eigenvalue weighted by atomic mass is 10.3. The van der Waals surface area contributed by atoms with Gasteiger partial charge in [0, 0.05) is 11.4 Å². The predicted octanol–water partition coefficient (Wildman–Crippen LogP) is 2.91. The summed E-state index contributed by atoms with van der Waals surface area (Å²) in [4.78, 5) is 8.97. The molecule has 0 saturated carbocycles. The molecule has 0 bridgehead atoms. The number of nitrogens with zero attached hydrogens (tertiary/aromatic N) is 3. The van der Waals surface area contributed by atoms with Gasteiger partial charge in [0.2, 0.25) is 5.78 Å². The van der Waals surface area contributed by atoms with Gasteiger partial charge < -0.3 is 4.42 Å². The summed E-state index contributed by atoms with van der Waals surface area (Å²) in [6.07, 6.45) is 1.66. The highest BCUT2D eigenvalue weighted by Gasteiger charge is 2.14. The van der Waals surface area contributed by atoms with Gasteiger partial charge in [-0.3, -0.25) is 4.40 Å². The molecule has 0 fully saturated rings. The van der Waals surface area contributed by atoms with Crippen LogP contribution in [-0.4, -0.2) is 14.4 Å². The Morgan fingerprint density at radius 3 is 2.71 bits per heavy atom. The number of fused-ring (bicyclic) bond motifs is 1. The molecule has 17 heavy (non-hydrogen) atoms. The highest BCUT2D eigenvalue weighted by atomic mass is 16.3. The van der Waals surface area contributed by atoms with Crippen LogP contribution < -0.4 is 0 Å². The maximum atomic E-state index is 5.40. The highest BCUT2D eigenvalue weighted by molar-refractivity contribution is 5.60. The summed E-state index contributed by atoms with van der Waals surface area (Å²) >= 11 is 0. The largest absolute Gasteiger partial charge is 0.463 e. The predicted molar refractivity (Wildman–Crippen MR) is 64.9 cm³/mol. The quantitative estimate of drug-likeness (QED) is 0.642. The van der Waals surface area contributed by atoms with Crippen molar-refractivity contribution in [3.8, 4) is 11.5 Å². The Balaban J connectivity index is 2.36. The molecule has 0 radical (unpaired) electrons. The van der Waals surface area contributed by atoms with E-state index in [1.807, 2.05) is 36.4 Å². The monoisotopic (exact) mass is 227 g/mol. The highest BCUT2D eigenvalue weighted by Crippen LogP contribution is 2.24. The Morgan fingerprint density at radius 1 is 1.18 bits per heavy atom. The molecule has 3 aromatic rings. The standard InChI is InChI=1S/C13H13N3O/c1-8-7-9(2)16-10(3)12(15-13(16)14-8)11-5-4-6-17-11/h4-7H,1-3H3. The summed E-state index contributed by atoms with van der Waals surface area (Å²) in [5.41, 5.74) is 4.03. The molecular formula is C13H13N3O. The van der Waals surface area contributed by atoms with E-state index in [-0.39, 0.29) is 0 Å². The molecule has 3 aromatic heterocycles. The van der Waals surface area contributed by atoms with Crippen molar-refractivity contribution in [3.05, 3.63) is 41.5 Å². The van der Waals surface area contributed by atoms with Crippen LogP contribution in [0.15, 0.2) is 28.9 Å². The van der Waals surface area contributed by atoms with Crippen molar-refractivity contribution < 1.29 is 4.42 Å². The third kappa shape index (κ3) is 1.45. The SMILES string of the molecule is Cc1cc(C)n2c(C)c(-c3ccco3)nc2n1. The molecule has 86 valence electrons. The van der Waals surface area contributed by atoms with Gasteiger partial charge in [0.05, 0.1) is 12.0 Å². The number of aromatic nitrogens is 3. The minimum absolute atomic E-state index is 0.728. The van der Waals surface area contributed by atoms with Crippen LogP contribution in [0.5, 0.6) is 0 Å². The van der Waals surface area contributed by atoms with Gasteiger partial charge in [-0.25, -0.2) is 9.97 Å². The number of imidazole rings is 1. The van der Waals surface area contributed by atoms with E-state index < -0.39 is 0 Å². The van der Waals surface area contributed by atoms with Crippen molar-refractivity contribution >= 4 is 5.78 Å². The summed E-state index contributed by atoms with van der Waals surface area (Å²) in [6, 6.07) is 5.83. The minimum atomic E-state index is 0.728. The number of furan rings is 1. The van der Waals surface area contributed by atoms with Crippen LogP contribution >= 0.6 is 0 Å². The van der Waals surface area contributed by atoms with Gasteiger partial charge in [-0.05, 0) is 39.0 Å². The lowest BCUT2D eigenvalue weighted by Gasteiger charge is -2.02. The van der Waals surface area contributed by atoms with Crippen molar-refractivity contribution in [3.63, 3.8) is 0 Å². The molecule has 0 atom stereocenters. The second-order valence-corrected chi connectivity index (χ2v) is 4.20. The molecule has 0 aliphatic rings. The first kappa shape index (κ1) is 10.1. The zero-order valence-electron chi connectivity index (χ0n) is 10.1. The second kappa shape index (κ2) is 3.45. The van der Waals surface area contributed by atoms with Gasteiger partial charge in [-0.1, -0.05) is 0 Å². The van der Waals surface area contributed by atoms with Crippen molar-refractivity contribution in [2.45, 2.75) is 20.8 Å². The molecule has 0 amide bonds. The second-order valence-electron chi connectivity index (χ2n) is 4.20. The van der Waals surface area contributed by atoms with Gasteiger partial charge in [0.15, 0.2) is 5.76 Å². The van der Waals surface area contributed by atoms with Gasteiger partial charge in [0.25, 0.3) is 0 Å². The fraction of sp³-hybridized carbons (Fsp3) is 0.231. The van der Waals surface area contributed by atoms with Crippen molar-refractivity contribution in [1.29, 1.82) is 0 Å². The van der Waals surface area contributed by atoms with Gasteiger partial charge in [-0.2, -0.15) is 0 Å². The topological polar surface area (TPSA) is 43.3 Å². The van der Waals surface area contributed by atoms with Gasteiger partial charge in [0.1, 0.15) is 5.69 Å². The Hall–Kier alpha value is -2.10. The normalized spacial score (nSPS) is 11.2. The van der Waals surface area contributed by atoms with Crippen molar-refractivity contribution in [2.75, 3.05) is 0 Å². The Bertz CT molecular complexity index is 680. The third-order valence-corrected chi connectivity index (χ3v) is 2.89. The Kier molecular flexibility index (Phi) is 2.04. The van der Waals surface area contributed by atoms with E-state index in [0.717, 1.165) is 34.3 Å². The van der Waals surface area contributed by atoms with E-state index in [4.69, 9.17) is 4.42 Å². The number of rotatable bonds is 1. The van der Waals surface area contributed by atoms with Crippen molar-refractivity contribution in [1.82, 2.24) is 14.4 Å². The van der Waals surface area contributed by atoms with E-state index in [1.54, 1.807) is 6.26 Å². The van der Waals surface area contributed by atoms with Crippen LogP contribution in [0.4, 0.5) is 0 Å². The molecule has 3 heterocycles. The van der Waals surface area contributed by atoms with E-state index >= 15 is 0 Å². The lowest BCUT2D eigenvalue weighted by molar-refractivity contribution is 0.580. The van der Waals surface area contributed by atoms with Crippen LogP contribution in [0.3, 0.4) is 0 Å². The maximum absolute atomic E-state index is 5.40. The van der Waals surface area contributed by atoms with Gasteiger partial charge >= 0.3 is 0 Å².